The van der Waals surface area contributed by atoms with Crippen molar-refractivity contribution in [2.45, 2.75) is 6.04 Å². The molecule has 1 amide bonds. The average Bonchev–Trinajstić information content (AvgIpc) is 3.01. The highest BCUT2D eigenvalue weighted by atomic mass is 35.5. The first kappa shape index (κ1) is 18.5. The number of hydrogen-bond acceptors (Lipinski definition) is 3. The Labute approximate surface area is 173 Å². The highest BCUT2D eigenvalue weighted by Gasteiger charge is 2.44. The molecular formula is C23H12ClF2NO3. The fraction of sp³-hybridized carbons (Fsp3) is 0.0435. The van der Waals surface area contributed by atoms with E-state index in [1.165, 1.54) is 29.2 Å². The highest BCUT2D eigenvalue weighted by Crippen LogP contribution is 2.42. The van der Waals surface area contributed by atoms with Crippen LogP contribution in [0, 0.1) is 11.6 Å². The first-order chi connectivity index (χ1) is 14.5. The molecule has 1 aliphatic rings. The zero-order chi connectivity index (χ0) is 21.0. The predicted molar refractivity (Wildman–Crippen MR) is 109 cm³/mol. The first-order valence-corrected chi connectivity index (χ1v) is 9.43. The van der Waals surface area contributed by atoms with E-state index >= 15 is 0 Å². The van der Waals surface area contributed by atoms with E-state index in [0.29, 0.717) is 10.7 Å². The number of hydrogen-bond donors (Lipinski definition) is 0. The van der Waals surface area contributed by atoms with Crippen LogP contribution < -0.4 is 10.3 Å². The van der Waals surface area contributed by atoms with Crippen LogP contribution in [0.2, 0.25) is 5.02 Å². The Morgan fingerprint density at radius 1 is 0.933 bits per heavy atom. The summed E-state index contributed by atoms with van der Waals surface area (Å²) in [5, 5.41) is 0.353. The van der Waals surface area contributed by atoms with Crippen LogP contribution in [0.25, 0.3) is 11.0 Å². The molecule has 148 valence electrons. The quantitative estimate of drug-likeness (QED) is 0.429. The Morgan fingerprint density at radius 3 is 2.50 bits per heavy atom. The van der Waals surface area contributed by atoms with Gasteiger partial charge in [0.05, 0.1) is 17.0 Å². The SMILES string of the molecule is O=C1c2oc3ccc(F)cc3c(=O)c2C(c2ccccc2F)N1c1cccc(Cl)c1. The van der Waals surface area contributed by atoms with Gasteiger partial charge in [0.2, 0.25) is 5.76 Å². The smallest absolute Gasteiger partial charge is 0.295 e. The molecule has 3 aromatic carbocycles. The third kappa shape index (κ3) is 2.72. The van der Waals surface area contributed by atoms with Crippen molar-refractivity contribution in [3.05, 3.63) is 110 Å². The minimum atomic E-state index is -1.09. The lowest BCUT2D eigenvalue weighted by atomic mass is 9.97. The van der Waals surface area contributed by atoms with Gasteiger partial charge in [0, 0.05) is 16.3 Å². The molecule has 7 heteroatoms. The van der Waals surface area contributed by atoms with E-state index in [4.69, 9.17) is 16.0 Å². The van der Waals surface area contributed by atoms with Crippen molar-refractivity contribution in [2.75, 3.05) is 4.90 Å². The molecule has 0 saturated carbocycles. The van der Waals surface area contributed by atoms with Gasteiger partial charge in [-0.3, -0.25) is 14.5 Å². The zero-order valence-corrected chi connectivity index (χ0v) is 16.0. The summed E-state index contributed by atoms with van der Waals surface area (Å²) in [7, 11) is 0. The Morgan fingerprint density at radius 2 is 1.73 bits per heavy atom. The van der Waals surface area contributed by atoms with Gasteiger partial charge in [0.15, 0.2) is 5.43 Å². The highest BCUT2D eigenvalue weighted by molar-refractivity contribution is 6.31. The molecule has 0 N–H and O–H groups in total. The fourth-order valence-corrected chi connectivity index (χ4v) is 4.01. The molecule has 0 radical (unpaired) electrons. The summed E-state index contributed by atoms with van der Waals surface area (Å²) >= 11 is 6.10. The molecule has 5 rings (SSSR count). The maximum atomic E-state index is 14.8. The van der Waals surface area contributed by atoms with E-state index in [0.717, 1.165) is 12.1 Å². The van der Waals surface area contributed by atoms with Crippen molar-refractivity contribution >= 4 is 34.2 Å². The molecule has 0 spiro atoms. The molecule has 1 unspecified atom stereocenters. The van der Waals surface area contributed by atoms with Gasteiger partial charge in [-0.1, -0.05) is 35.9 Å². The van der Waals surface area contributed by atoms with Gasteiger partial charge in [0.1, 0.15) is 17.2 Å². The number of carbonyl (C=O) groups excluding carboxylic acids is 1. The van der Waals surface area contributed by atoms with Crippen LogP contribution in [-0.4, -0.2) is 5.91 Å². The number of fused-ring (bicyclic) bond motifs is 2. The second-order valence-electron chi connectivity index (χ2n) is 6.89. The summed E-state index contributed by atoms with van der Waals surface area (Å²) in [6.07, 6.45) is 0. The van der Waals surface area contributed by atoms with Crippen molar-refractivity contribution in [2.24, 2.45) is 0 Å². The fourth-order valence-electron chi connectivity index (χ4n) is 3.83. The molecule has 0 fully saturated rings. The normalized spacial score (nSPS) is 15.6. The van der Waals surface area contributed by atoms with E-state index in [1.807, 2.05) is 0 Å². The monoisotopic (exact) mass is 423 g/mol. The van der Waals surface area contributed by atoms with Crippen molar-refractivity contribution in [3.8, 4) is 0 Å². The topological polar surface area (TPSA) is 50.5 Å². The Balaban J connectivity index is 1.86. The molecule has 1 atom stereocenters. The number of benzene rings is 3. The Hall–Kier alpha value is -3.51. The molecule has 2 heterocycles. The summed E-state index contributed by atoms with van der Waals surface area (Å²) in [6.45, 7) is 0. The lowest BCUT2D eigenvalue weighted by molar-refractivity contribution is 0.0971. The zero-order valence-electron chi connectivity index (χ0n) is 15.2. The van der Waals surface area contributed by atoms with Crippen molar-refractivity contribution < 1.29 is 18.0 Å². The first-order valence-electron chi connectivity index (χ1n) is 9.05. The van der Waals surface area contributed by atoms with Crippen molar-refractivity contribution in [1.29, 1.82) is 0 Å². The van der Waals surface area contributed by atoms with Gasteiger partial charge in [-0.05, 0) is 42.5 Å². The molecule has 0 aliphatic carbocycles. The Kier molecular flexibility index (Phi) is 4.18. The van der Waals surface area contributed by atoms with Crippen LogP contribution >= 0.6 is 11.6 Å². The van der Waals surface area contributed by atoms with Crippen LogP contribution in [0.3, 0.4) is 0 Å². The number of halogens is 3. The van der Waals surface area contributed by atoms with E-state index in [1.54, 1.807) is 30.3 Å². The number of carbonyl (C=O) groups is 1. The average molecular weight is 424 g/mol. The van der Waals surface area contributed by atoms with Crippen LogP contribution in [0.1, 0.15) is 27.7 Å². The van der Waals surface area contributed by atoms with Crippen molar-refractivity contribution in [1.82, 2.24) is 0 Å². The number of rotatable bonds is 2. The molecule has 30 heavy (non-hydrogen) atoms. The van der Waals surface area contributed by atoms with Crippen LogP contribution in [0.15, 0.2) is 75.9 Å². The number of nitrogens with zero attached hydrogens (tertiary/aromatic N) is 1. The third-order valence-electron chi connectivity index (χ3n) is 5.12. The summed E-state index contributed by atoms with van der Waals surface area (Å²) in [5.74, 6) is -2.02. The second kappa shape index (κ2) is 6.78. The van der Waals surface area contributed by atoms with Gasteiger partial charge < -0.3 is 4.42 Å². The lowest BCUT2D eigenvalue weighted by Gasteiger charge is -2.25. The van der Waals surface area contributed by atoms with E-state index < -0.39 is 29.0 Å². The summed E-state index contributed by atoms with van der Waals surface area (Å²) < 4.78 is 34.3. The van der Waals surface area contributed by atoms with Gasteiger partial charge in [-0.25, -0.2) is 8.78 Å². The number of anilines is 1. The maximum absolute atomic E-state index is 14.8. The summed E-state index contributed by atoms with van der Waals surface area (Å²) in [5.41, 5.74) is -0.0526. The van der Waals surface area contributed by atoms with Crippen LogP contribution in [0.4, 0.5) is 14.5 Å². The molecule has 0 bridgehead atoms. The minimum Gasteiger partial charge on any atom is -0.450 e. The van der Waals surface area contributed by atoms with Gasteiger partial charge in [-0.2, -0.15) is 0 Å². The molecule has 1 aromatic heterocycles. The van der Waals surface area contributed by atoms with Gasteiger partial charge in [0.25, 0.3) is 5.91 Å². The van der Waals surface area contributed by atoms with Crippen LogP contribution in [0.5, 0.6) is 0 Å². The summed E-state index contributed by atoms with van der Waals surface area (Å²) in [4.78, 5) is 27.9. The lowest BCUT2D eigenvalue weighted by Crippen LogP contribution is -2.30. The van der Waals surface area contributed by atoms with E-state index in [9.17, 15) is 18.4 Å². The third-order valence-corrected chi connectivity index (χ3v) is 5.35. The largest absolute Gasteiger partial charge is 0.450 e. The predicted octanol–water partition coefficient (Wildman–Crippen LogP) is 5.47. The van der Waals surface area contributed by atoms with Gasteiger partial charge in [-0.15, -0.1) is 0 Å². The van der Waals surface area contributed by atoms with Crippen LogP contribution in [-0.2, 0) is 0 Å². The Bertz CT molecular complexity index is 1400. The number of amides is 1. The second-order valence-corrected chi connectivity index (χ2v) is 7.33. The van der Waals surface area contributed by atoms with Gasteiger partial charge >= 0.3 is 0 Å². The van der Waals surface area contributed by atoms with Crippen molar-refractivity contribution in [3.63, 3.8) is 0 Å². The molecule has 4 aromatic rings. The maximum Gasteiger partial charge on any atom is 0.295 e. The summed E-state index contributed by atoms with van der Waals surface area (Å²) in [6, 6.07) is 14.7. The molecule has 4 nitrogen and oxygen atoms in total. The van der Waals surface area contributed by atoms with E-state index in [-0.39, 0.29) is 27.9 Å². The minimum absolute atomic E-state index is 0.0177. The molecular weight excluding hydrogens is 412 g/mol. The molecule has 0 saturated heterocycles. The molecule has 1 aliphatic heterocycles. The van der Waals surface area contributed by atoms with E-state index in [2.05, 4.69) is 0 Å². The standard InChI is InChI=1S/C23H12ClF2NO3/c24-12-4-3-5-14(10-12)27-20(15-6-1-2-7-17(15)26)19-21(28)16-11-13(25)8-9-18(16)30-22(19)23(27)29/h1-11,20H.